The minimum atomic E-state index is -0.535. The number of rotatable bonds is 9. The molecular formula is C24H30N4O5. The van der Waals surface area contributed by atoms with E-state index in [9.17, 15) is 14.4 Å². The van der Waals surface area contributed by atoms with Gasteiger partial charge in [-0.3, -0.25) is 25.2 Å². The van der Waals surface area contributed by atoms with Gasteiger partial charge in [-0.25, -0.2) is 0 Å². The van der Waals surface area contributed by atoms with E-state index in [0.29, 0.717) is 30.3 Å². The molecule has 1 heterocycles. The van der Waals surface area contributed by atoms with E-state index in [1.807, 2.05) is 36.9 Å². The summed E-state index contributed by atoms with van der Waals surface area (Å²) < 4.78 is 11.0. The van der Waals surface area contributed by atoms with Crippen LogP contribution in [0.5, 0.6) is 11.5 Å². The van der Waals surface area contributed by atoms with Gasteiger partial charge in [0.15, 0.2) is 11.5 Å². The summed E-state index contributed by atoms with van der Waals surface area (Å²) in [6, 6.07) is 12.8. The highest BCUT2D eigenvalue weighted by Gasteiger charge is 2.19. The van der Waals surface area contributed by atoms with E-state index in [-0.39, 0.29) is 19.0 Å². The number of nitrogens with one attached hydrogen (secondary N) is 3. The molecule has 1 aliphatic rings. The fraction of sp³-hybridized carbons (Fsp3) is 0.375. The Bertz CT molecular complexity index is 995. The summed E-state index contributed by atoms with van der Waals surface area (Å²) in [5.74, 6) is -0.299. The van der Waals surface area contributed by atoms with E-state index >= 15 is 0 Å². The first-order chi connectivity index (χ1) is 16.0. The first-order valence-electron chi connectivity index (χ1n) is 11.1. The van der Waals surface area contributed by atoms with Crippen LogP contribution in [-0.2, 0) is 16.0 Å². The Morgan fingerprint density at radius 3 is 2.45 bits per heavy atom. The molecule has 0 bridgehead atoms. The molecule has 0 unspecified atom stereocenters. The van der Waals surface area contributed by atoms with Crippen molar-refractivity contribution in [2.24, 2.45) is 0 Å². The summed E-state index contributed by atoms with van der Waals surface area (Å²) in [5.41, 5.74) is 7.33. The first kappa shape index (κ1) is 23.9. The molecule has 0 saturated carbocycles. The molecule has 9 heteroatoms. The van der Waals surface area contributed by atoms with Crippen LogP contribution in [0, 0.1) is 0 Å². The normalized spacial score (nSPS) is 12.4. The topological polar surface area (TPSA) is 109 Å². The largest absolute Gasteiger partial charge is 0.490 e. The molecule has 0 aromatic heterocycles. The van der Waals surface area contributed by atoms with Crippen LogP contribution in [0.15, 0.2) is 42.5 Å². The number of hydrogen-bond donors (Lipinski definition) is 3. The van der Waals surface area contributed by atoms with Crippen molar-refractivity contribution in [2.75, 3.05) is 37.7 Å². The molecule has 0 atom stereocenters. The average Bonchev–Trinajstić information content (AvgIpc) is 2.83. The summed E-state index contributed by atoms with van der Waals surface area (Å²) in [6.07, 6.45) is 1.96. The van der Waals surface area contributed by atoms with Crippen molar-refractivity contribution < 1.29 is 23.9 Å². The van der Waals surface area contributed by atoms with Crippen LogP contribution in [-0.4, -0.2) is 50.6 Å². The lowest BCUT2D eigenvalue weighted by Gasteiger charge is -2.30. The Morgan fingerprint density at radius 2 is 1.67 bits per heavy atom. The molecule has 0 radical (unpaired) electrons. The third kappa shape index (κ3) is 6.61. The molecular weight excluding hydrogens is 424 g/mol. The number of carbonyl (C=O) groups excluding carboxylic acids is 3. The molecule has 3 amide bonds. The Kier molecular flexibility index (Phi) is 8.51. The molecule has 176 valence electrons. The maximum Gasteiger partial charge on any atom is 0.257 e. The molecule has 0 saturated heterocycles. The van der Waals surface area contributed by atoms with Crippen molar-refractivity contribution in [1.29, 1.82) is 0 Å². The van der Waals surface area contributed by atoms with Gasteiger partial charge in [-0.05, 0) is 56.5 Å². The number of fused-ring (bicyclic) bond motifs is 1. The lowest BCUT2D eigenvalue weighted by Crippen LogP contribution is -2.49. The minimum Gasteiger partial charge on any atom is -0.490 e. The fourth-order valence-electron chi connectivity index (χ4n) is 3.63. The Morgan fingerprint density at radius 1 is 0.939 bits per heavy atom. The van der Waals surface area contributed by atoms with Crippen LogP contribution >= 0.6 is 0 Å². The van der Waals surface area contributed by atoms with E-state index in [0.717, 1.165) is 25.1 Å². The zero-order valence-corrected chi connectivity index (χ0v) is 19.0. The van der Waals surface area contributed by atoms with Crippen LogP contribution in [0.2, 0.25) is 0 Å². The molecule has 9 nitrogen and oxygen atoms in total. The van der Waals surface area contributed by atoms with Gasteiger partial charge < -0.3 is 19.7 Å². The molecule has 2 aromatic rings. The number of nitrogens with zero attached hydrogens (tertiary/aromatic N) is 1. The number of para-hydroxylation sites is 1. The van der Waals surface area contributed by atoms with Crippen LogP contribution in [0.1, 0.15) is 36.2 Å². The molecule has 0 spiro atoms. The van der Waals surface area contributed by atoms with E-state index in [1.54, 1.807) is 18.2 Å². The summed E-state index contributed by atoms with van der Waals surface area (Å²) in [7, 11) is 0. The van der Waals surface area contributed by atoms with Gasteiger partial charge in [-0.1, -0.05) is 18.2 Å². The van der Waals surface area contributed by atoms with E-state index < -0.39 is 11.8 Å². The van der Waals surface area contributed by atoms with Gasteiger partial charge in [0.05, 0.1) is 26.3 Å². The summed E-state index contributed by atoms with van der Waals surface area (Å²) in [5, 5.41) is 2.53. The maximum absolute atomic E-state index is 12.4. The smallest absolute Gasteiger partial charge is 0.257 e. The lowest BCUT2D eigenvalue weighted by molar-refractivity contribution is -0.127. The van der Waals surface area contributed by atoms with Crippen molar-refractivity contribution in [3.63, 3.8) is 0 Å². The maximum atomic E-state index is 12.4. The van der Waals surface area contributed by atoms with Crippen LogP contribution in [0.3, 0.4) is 0 Å². The predicted molar refractivity (Wildman–Crippen MR) is 124 cm³/mol. The van der Waals surface area contributed by atoms with Gasteiger partial charge in [-0.2, -0.15) is 0 Å². The zero-order valence-electron chi connectivity index (χ0n) is 19.0. The predicted octanol–water partition coefficient (Wildman–Crippen LogP) is 1.81. The van der Waals surface area contributed by atoms with Crippen molar-refractivity contribution in [3.8, 4) is 11.5 Å². The molecule has 0 fully saturated rings. The number of amides is 3. The number of aryl methyl sites for hydroxylation is 1. The molecule has 33 heavy (non-hydrogen) atoms. The number of carbonyl (C=O) groups is 3. The molecule has 3 N–H and O–H groups in total. The second-order valence-corrected chi connectivity index (χ2v) is 7.46. The van der Waals surface area contributed by atoms with Crippen molar-refractivity contribution >= 4 is 23.4 Å². The van der Waals surface area contributed by atoms with E-state index in [2.05, 4.69) is 22.2 Å². The third-order valence-corrected chi connectivity index (χ3v) is 5.10. The van der Waals surface area contributed by atoms with Crippen LogP contribution in [0.25, 0.3) is 0 Å². The molecule has 3 rings (SSSR count). The molecule has 0 aliphatic carbocycles. The fourth-order valence-corrected chi connectivity index (χ4v) is 3.63. The second-order valence-electron chi connectivity index (χ2n) is 7.46. The van der Waals surface area contributed by atoms with Gasteiger partial charge >= 0.3 is 0 Å². The Hall–Kier alpha value is -3.75. The standard InChI is InChI=1S/C24H30N4O5/c1-3-32-20-12-11-18(14-21(20)33-4-2)24(31)25-15-22(29)26-27-23(30)16-28-13-7-9-17-8-5-6-10-19(17)28/h5-6,8,10-12,14H,3-4,7,9,13,15-16H2,1-2H3,(H,25,31)(H,26,29)(H,27,30). The van der Waals surface area contributed by atoms with E-state index in [1.165, 1.54) is 5.56 Å². The number of hydrazine groups is 1. The Labute approximate surface area is 193 Å². The highest BCUT2D eigenvalue weighted by molar-refractivity contribution is 5.97. The van der Waals surface area contributed by atoms with Crippen molar-refractivity contribution in [2.45, 2.75) is 26.7 Å². The number of benzene rings is 2. The van der Waals surface area contributed by atoms with Gasteiger partial charge in [-0.15, -0.1) is 0 Å². The Balaban J connectivity index is 1.45. The zero-order chi connectivity index (χ0) is 23.6. The quantitative estimate of drug-likeness (QED) is 0.499. The number of hydrogen-bond acceptors (Lipinski definition) is 6. The second kappa shape index (κ2) is 11.8. The van der Waals surface area contributed by atoms with Gasteiger partial charge in [0.1, 0.15) is 0 Å². The van der Waals surface area contributed by atoms with Crippen molar-refractivity contribution in [1.82, 2.24) is 16.2 Å². The summed E-state index contributed by atoms with van der Waals surface area (Å²) in [4.78, 5) is 38.8. The van der Waals surface area contributed by atoms with Gasteiger partial charge in [0.25, 0.3) is 17.7 Å². The summed E-state index contributed by atoms with van der Waals surface area (Å²) >= 11 is 0. The number of ether oxygens (including phenoxy) is 2. The molecule has 1 aliphatic heterocycles. The third-order valence-electron chi connectivity index (χ3n) is 5.10. The van der Waals surface area contributed by atoms with Crippen molar-refractivity contribution in [3.05, 3.63) is 53.6 Å². The van der Waals surface area contributed by atoms with Crippen LogP contribution < -0.4 is 30.5 Å². The monoisotopic (exact) mass is 454 g/mol. The lowest BCUT2D eigenvalue weighted by atomic mass is 10.0. The highest BCUT2D eigenvalue weighted by Crippen LogP contribution is 2.28. The SMILES string of the molecule is CCOc1ccc(C(=O)NCC(=O)NNC(=O)CN2CCCc3ccccc32)cc1OCC. The minimum absolute atomic E-state index is 0.135. The molecule has 2 aromatic carbocycles. The highest BCUT2D eigenvalue weighted by atomic mass is 16.5. The average molecular weight is 455 g/mol. The summed E-state index contributed by atoms with van der Waals surface area (Å²) in [6.45, 7) is 5.22. The van der Waals surface area contributed by atoms with Gasteiger partial charge in [0.2, 0.25) is 0 Å². The van der Waals surface area contributed by atoms with E-state index in [4.69, 9.17) is 9.47 Å². The number of anilines is 1. The van der Waals surface area contributed by atoms with Crippen LogP contribution in [0.4, 0.5) is 5.69 Å². The first-order valence-corrected chi connectivity index (χ1v) is 11.1. The van der Waals surface area contributed by atoms with Gasteiger partial charge in [0, 0.05) is 17.8 Å².